The van der Waals surface area contributed by atoms with Crippen LogP contribution >= 0.6 is 0 Å². The minimum absolute atomic E-state index is 0.666. The topological polar surface area (TPSA) is 42.7 Å². The number of rotatable bonds is 7. The van der Waals surface area contributed by atoms with E-state index in [1.54, 1.807) is 6.33 Å². The molecule has 0 aliphatic heterocycles. The highest BCUT2D eigenvalue weighted by atomic mass is 15.3. The Kier molecular flexibility index (Phi) is 5.32. The highest BCUT2D eigenvalue weighted by Crippen LogP contribution is 2.09. The third kappa shape index (κ3) is 3.63. The maximum absolute atomic E-state index is 4.31. The molecule has 0 saturated heterocycles. The lowest BCUT2D eigenvalue weighted by Gasteiger charge is -2.14. The van der Waals surface area contributed by atoms with Gasteiger partial charge in [0.15, 0.2) is 0 Å². The summed E-state index contributed by atoms with van der Waals surface area (Å²) in [7, 11) is 0. The van der Waals surface area contributed by atoms with Gasteiger partial charge in [-0.25, -0.2) is 4.98 Å². The Hall–Kier alpha value is -0.900. The molecule has 15 heavy (non-hydrogen) atoms. The maximum Gasteiger partial charge on any atom is 0.138 e. The summed E-state index contributed by atoms with van der Waals surface area (Å²) in [4.78, 5) is 4.31. The van der Waals surface area contributed by atoms with Gasteiger partial charge in [0.05, 0.1) is 0 Å². The Bertz CT molecular complexity index is 269. The highest BCUT2D eigenvalue weighted by Gasteiger charge is 2.11. The predicted octanol–water partition coefficient (Wildman–Crippen LogP) is 1.48. The number of aryl methyl sites for hydroxylation is 1. The summed E-state index contributed by atoms with van der Waals surface area (Å²) in [6, 6.07) is 0. The van der Waals surface area contributed by atoms with Crippen LogP contribution in [0.15, 0.2) is 6.33 Å². The van der Waals surface area contributed by atoms with Gasteiger partial charge in [-0.1, -0.05) is 20.3 Å². The number of nitrogens with zero attached hydrogens (tertiary/aromatic N) is 3. The van der Waals surface area contributed by atoms with Crippen LogP contribution in [-0.2, 0) is 13.0 Å². The molecule has 1 atom stereocenters. The SMILES string of the molecule is CCNCC(CC)Cc1ncnn1CC. The van der Waals surface area contributed by atoms with Crippen LogP contribution < -0.4 is 5.32 Å². The van der Waals surface area contributed by atoms with Crippen molar-refractivity contribution in [2.45, 2.75) is 40.2 Å². The van der Waals surface area contributed by atoms with Gasteiger partial charge in [-0.2, -0.15) is 5.10 Å². The molecule has 4 nitrogen and oxygen atoms in total. The normalized spacial score (nSPS) is 13.0. The number of aromatic nitrogens is 3. The highest BCUT2D eigenvalue weighted by molar-refractivity contribution is 4.87. The van der Waals surface area contributed by atoms with E-state index in [2.05, 4.69) is 36.2 Å². The second-order valence-corrected chi connectivity index (χ2v) is 3.78. The summed E-state index contributed by atoms with van der Waals surface area (Å²) in [5.41, 5.74) is 0. The second kappa shape index (κ2) is 6.56. The van der Waals surface area contributed by atoms with Crippen molar-refractivity contribution in [2.75, 3.05) is 13.1 Å². The van der Waals surface area contributed by atoms with Gasteiger partial charge in [0.1, 0.15) is 12.2 Å². The molecule has 0 radical (unpaired) electrons. The van der Waals surface area contributed by atoms with E-state index in [4.69, 9.17) is 0 Å². The van der Waals surface area contributed by atoms with E-state index in [1.165, 1.54) is 6.42 Å². The van der Waals surface area contributed by atoms with Gasteiger partial charge < -0.3 is 5.32 Å². The van der Waals surface area contributed by atoms with Gasteiger partial charge in [-0.05, 0) is 25.9 Å². The number of hydrogen-bond donors (Lipinski definition) is 1. The van der Waals surface area contributed by atoms with Gasteiger partial charge >= 0.3 is 0 Å². The Labute approximate surface area is 92.1 Å². The van der Waals surface area contributed by atoms with Crippen molar-refractivity contribution in [3.63, 3.8) is 0 Å². The van der Waals surface area contributed by atoms with E-state index in [0.717, 1.165) is 31.9 Å². The molecule has 0 aliphatic carbocycles. The smallest absolute Gasteiger partial charge is 0.138 e. The van der Waals surface area contributed by atoms with E-state index < -0.39 is 0 Å². The molecule has 1 N–H and O–H groups in total. The minimum atomic E-state index is 0.666. The Balaban J connectivity index is 2.50. The van der Waals surface area contributed by atoms with Crippen molar-refractivity contribution in [1.29, 1.82) is 0 Å². The molecule has 0 aliphatic rings. The zero-order valence-corrected chi connectivity index (χ0v) is 10.0. The van der Waals surface area contributed by atoms with Crippen molar-refractivity contribution >= 4 is 0 Å². The van der Waals surface area contributed by atoms with Crippen molar-refractivity contribution in [3.05, 3.63) is 12.2 Å². The molecule has 86 valence electrons. The molecule has 1 heterocycles. The van der Waals surface area contributed by atoms with E-state index in [9.17, 15) is 0 Å². The summed E-state index contributed by atoms with van der Waals surface area (Å²) in [5, 5.41) is 7.58. The van der Waals surface area contributed by atoms with Crippen LogP contribution in [0.2, 0.25) is 0 Å². The van der Waals surface area contributed by atoms with Crippen LogP contribution in [-0.4, -0.2) is 27.9 Å². The quantitative estimate of drug-likeness (QED) is 0.741. The predicted molar refractivity (Wildman–Crippen MR) is 61.7 cm³/mol. The molecule has 1 aromatic heterocycles. The fourth-order valence-corrected chi connectivity index (χ4v) is 1.68. The molecule has 1 unspecified atom stereocenters. The van der Waals surface area contributed by atoms with Gasteiger partial charge in [-0.15, -0.1) is 0 Å². The Morgan fingerprint density at radius 3 is 2.80 bits per heavy atom. The molecule has 0 amide bonds. The molecule has 0 fully saturated rings. The molecular formula is C11H22N4. The van der Waals surface area contributed by atoms with Crippen LogP contribution in [0.4, 0.5) is 0 Å². The van der Waals surface area contributed by atoms with Gasteiger partial charge in [0.2, 0.25) is 0 Å². The lowest BCUT2D eigenvalue weighted by Crippen LogP contribution is -2.24. The van der Waals surface area contributed by atoms with E-state index in [-0.39, 0.29) is 0 Å². The van der Waals surface area contributed by atoms with Crippen LogP contribution in [0.25, 0.3) is 0 Å². The van der Waals surface area contributed by atoms with Crippen LogP contribution in [0.5, 0.6) is 0 Å². The Morgan fingerprint density at radius 1 is 1.40 bits per heavy atom. The average Bonchev–Trinajstić information content (AvgIpc) is 2.71. The summed E-state index contributed by atoms with van der Waals surface area (Å²) >= 11 is 0. The van der Waals surface area contributed by atoms with Crippen LogP contribution in [0, 0.1) is 5.92 Å². The van der Waals surface area contributed by atoms with Crippen molar-refractivity contribution in [3.8, 4) is 0 Å². The summed E-state index contributed by atoms with van der Waals surface area (Å²) in [6.45, 7) is 9.49. The molecular weight excluding hydrogens is 188 g/mol. The zero-order chi connectivity index (χ0) is 11.1. The van der Waals surface area contributed by atoms with Gasteiger partial charge in [-0.3, -0.25) is 4.68 Å². The molecule has 4 heteroatoms. The van der Waals surface area contributed by atoms with Gasteiger partial charge in [0, 0.05) is 13.0 Å². The summed E-state index contributed by atoms with van der Waals surface area (Å²) < 4.78 is 1.98. The lowest BCUT2D eigenvalue weighted by atomic mass is 10.0. The van der Waals surface area contributed by atoms with E-state index in [1.807, 2.05) is 4.68 Å². The third-order valence-electron chi connectivity index (χ3n) is 2.73. The van der Waals surface area contributed by atoms with E-state index >= 15 is 0 Å². The zero-order valence-electron chi connectivity index (χ0n) is 10.0. The van der Waals surface area contributed by atoms with Crippen molar-refractivity contribution in [2.24, 2.45) is 5.92 Å². The molecule has 0 bridgehead atoms. The fraction of sp³-hybridized carbons (Fsp3) is 0.818. The summed E-state index contributed by atoms with van der Waals surface area (Å²) in [6.07, 6.45) is 3.86. The van der Waals surface area contributed by atoms with E-state index in [0.29, 0.717) is 5.92 Å². The molecule has 0 spiro atoms. The standard InChI is InChI=1S/C11H22N4/c1-4-10(8-12-5-2)7-11-13-9-14-15(11)6-3/h9-10,12H,4-8H2,1-3H3. The molecule has 0 aromatic carbocycles. The van der Waals surface area contributed by atoms with Crippen molar-refractivity contribution in [1.82, 2.24) is 20.1 Å². The fourth-order valence-electron chi connectivity index (χ4n) is 1.68. The molecule has 0 saturated carbocycles. The second-order valence-electron chi connectivity index (χ2n) is 3.78. The number of hydrogen-bond acceptors (Lipinski definition) is 3. The first kappa shape index (κ1) is 12.2. The first-order valence-electron chi connectivity index (χ1n) is 5.89. The third-order valence-corrected chi connectivity index (χ3v) is 2.73. The minimum Gasteiger partial charge on any atom is -0.317 e. The van der Waals surface area contributed by atoms with Crippen molar-refractivity contribution < 1.29 is 0 Å². The van der Waals surface area contributed by atoms with Gasteiger partial charge in [0.25, 0.3) is 0 Å². The van der Waals surface area contributed by atoms with Crippen LogP contribution in [0.1, 0.15) is 33.0 Å². The largest absolute Gasteiger partial charge is 0.317 e. The first-order valence-corrected chi connectivity index (χ1v) is 5.89. The Morgan fingerprint density at radius 2 is 2.20 bits per heavy atom. The monoisotopic (exact) mass is 210 g/mol. The average molecular weight is 210 g/mol. The number of nitrogens with one attached hydrogen (secondary N) is 1. The van der Waals surface area contributed by atoms with Crippen LogP contribution in [0.3, 0.4) is 0 Å². The maximum atomic E-state index is 4.31. The lowest BCUT2D eigenvalue weighted by molar-refractivity contribution is 0.444. The molecule has 1 rings (SSSR count). The molecule has 1 aromatic rings. The first-order chi connectivity index (χ1) is 7.31. The summed E-state index contributed by atoms with van der Waals surface area (Å²) in [5.74, 6) is 1.78.